The van der Waals surface area contributed by atoms with Crippen molar-refractivity contribution in [2.75, 3.05) is 39.4 Å². The first-order valence-electron chi connectivity index (χ1n) is 5.85. The van der Waals surface area contributed by atoms with Crippen LogP contribution < -0.4 is 5.32 Å². The molecule has 0 aromatic heterocycles. The SMILES string of the molecule is CC1(C)CN(CC(=O)NCCO)CC(CO)O1. The van der Waals surface area contributed by atoms with Gasteiger partial charge in [-0.1, -0.05) is 0 Å². The highest BCUT2D eigenvalue weighted by Gasteiger charge is 2.33. The largest absolute Gasteiger partial charge is 0.395 e. The molecule has 100 valence electrons. The predicted molar refractivity (Wildman–Crippen MR) is 62.6 cm³/mol. The molecule has 1 saturated heterocycles. The Balaban J connectivity index is 2.44. The second-order valence-electron chi connectivity index (χ2n) is 4.93. The number of nitrogens with zero attached hydrogens (tertiary/aromatic N) is 1. The summed E-state index contributed by atoms with van der Waals surface area (Å²) in [5, 5.41) is 20.3. The summed E-state index contributed by atoms with van der Waals surface area (Å²) in [5.74, 6) is -0.117. The van der Waals surface area contributed by atoms with Crippen LogP contribution in [0.15, 0.2) is 0 Å². The molecule has 0 bridgehead atoms. The van der Waals surface area contributed by atoms with Crippen molar-refractivity contribution in [2.45, 2.75) is 25.6 Å². The maximum atomic E-state index is 11.5. The molecule has 0 saturated carbocycles. The van der Waals surface area contributed by atoms with E-state index in [0.29, 0.717) is 13.1 Å². The molecule has 3 N–H and O–H groups in total. The van der Waals surface area contributed by atoms with Gasteiger partial charge >= 0.3 is 0 Å². The van der Waals surface area contributed by atoms with Gasteiger partial charge in [0.05, 0.1) is 31.5 Å². The fraction of sp³-hybridized carbons (Fsp3) is 0.909. The van der Waals surface area contributed by atoms with E-state index in [1.807, 2.05) is 18.7 Å². The van der Waals surface area contributed by atoms with Crippen LogP contribution in [0.1, 0.15) is 13.8 Å². The Morgan fingerprint density at radius 3 is 2.82 bits per heavy atom. The van der Waals surface area contributed by atoms with Crippen molar-refractivity contribution in [2.24, 2.45) is 0 Å². The van der Waals surface area contributed by atoms with E-state index in [1.165, 1.54) is 0 Å². The highest BCUT2D eigenvalue weighted by molar-refractivity contribution is 5.78. The quantitative estimate of drug-likeness (QED) is 0.554. The minimum absolute atomic E-state index is 0.0435. The minimum atomic E-state index is -0.358. The summed E-state index contributed by atoms with van der Waals surface area (Å²) in [5.41, 5.74) is -0.358. The normalized spacial score (nSPS) is 24.6. The lowest BCUT2D eigenvalue weighted by molar-refractivity contribution is -0.153. The molecule has 1 rings (SSSR count). The van der Waals surface area contributed by atoms with Crippen LogP contribution >= 0.6 is 0 Å². The Morgan fingerprint density at radius 1 is 1.53 bits per heavy atom. The van der Waals surface area contributed by atoms with Crippen LogP contribution in [0.3, 0.4) is 0 Å². The fourth-order valence-corrected chi connectivity index (χ4v) is 2.09. The number of hydrogen-bond acceptors (Lipinski definition) is 5. The molecule has 1 fully saturated rings. The van der Waals surface area contributed by atoms with Gasteiger partial charge < -0.3 is 20.3 Å². The molecule has 1 unspecified atom stereocenters. The maximum absolute atomic E-state index is 11.5. The van der Waals surface area contributed by atoms with Crippen molar-refractivity contribution >= 4 is 5.91 Å². The third-order valence-corrected chi connectivity index (χ3v) is 2.56. The number of amides is 1. The summed E-state index contributed by atoms with van der Waals surface area (Å²) in [7, 11) is 0. The third-order valence-electron chi connectivity index (χ3n) is 2.56. The molecule has 0 radical (unpaired) electrons. The van der Waals surface area contributed by atoms with E-state index >= 15 is 0 Å². The van der Waals surface area contributed by atoms with Crippen LogP contribution in [0.25, 0.3) is 0 Å². The molecule has 0 aromatic rings. The average molecular weight is 246 g/mol. The van der Waals surface area contributed by atoms with E-state index in [9.17, 15) is 4.79 Å². The molecule has 0 aromatic carbocycles. The third kappa shape index (κ3) is 4.99. The molecule has 1 heterocycles. The molecule has 1 aliphatic rings. The van der Waals surface area contributed by atoms with Gasteiger partial charge in [-0.15, -0.1) is 0 Å². The predicted octanol–water partition coefficient (Wildman–Crippen LogP) is -1.43. The smallest absolute Gasteiger partial charge is 0.234 e. The number of carbonyl (C=O) groups is 1. The van der Waals surface area contributed by atoms with E-state index in [4.69, 9.17) is 14.9 Å². The van der Waals surface area contributed by atoms with Crippen molar-refractivity contribution < 1.29 is 19.7 Å². The molecule has 1 aliphatic heterocycles. The van der Waals surface area contributed by atoms with Crippen molar-refractivity contribution in [1.29, 1.82) is 0 Å². The van der Waals surface area contributed by atoms with Gasteiger partial charge in [-0.2, -0.15) is 0 Å². The lowest BCUT2D eigenvalue weighted by Crippen LogP contribution is -2.55. The molecule has 1 atom stereocenters. The van der Waals surface area contributed by atoms with Crippen LogP contribution in [0.4, 0.5) is 0 Å². The number of aliphatic hydroxyl groups excluding tert-OH is 2. The molecule has 0 spiro atoms. The topological polar surface area (TPSA) is 82.0 Å². The Morgan fingerprint density at radius 2 is 2.24 bits per heavy atom. The second kappa shape index (κ2) is 6.30. The summed E-state index contributed by atoms with van der Waals surface area (Å²) in [6.45, 7) is 5.51. The highest BCUT2D eigenvalue weighted by atomic mass is 16.5. The van der Waals surface area contributed by atoms with Crippen LogP contribution in [0, 0.1) is 0 Å². The van der Waals surface area contributed by atoms with Crippen molar-refractivity contribution in [3.8, 4) is 0 Å². The van der Waals surface area contributed by atoms with E-state index < -0.39 is 0 Å². The van der Waals surface area contributed by atoms with Crippen molar-refractivity contribution in [3.05, 3.63) is 0 Å². The molecule has 1 amide bonds. The summed E-state index contributed by atoms with van der Waals surface area (Å²) in [4.78, 5) is 13.5. The minimum Gasteiger partial charge on any atom is -0.395 e. The first-order chi connectivity index (χ1) is 7.96. The Labute approximate surface area is 102 Å². The number of morpholine rings is 1. The molecule has 17 heavy (non-hydrogen) atoms. The average Bonchev–Trinajstić information content (AvgIpc) is 2.24. The number of rotatable bonds is 5. The maximum Gasteiger partial charge on any atom is 0.234 e. The first kappa shape index (κ1) is 14.4. The zero-order valence-corrected chi connectivity index (χ0v) is 10.5. The molecule has 6 heteroatoms. The summed E-state index contributed by atoms with van der Waals surface area (Å²) >= 11 is 0. The number of aliphatic hydroxyl groups is 2. The van der Waals surface area contributed by atoms with Crippen LogP contribution in [0.2, 0.25) is 0 Å². The van der Waals surface area contributed by atoms with Gasteiger partial charge in [-0.05, 0) is 13.8 Å². The Hall–Kier alpha value is -0.690. The molecule has 6 nitrogen and oxygen atoms in total. The van der Waals surface area contributed by atoms with Crippen LogP contribution in [0.5, 0.6) is 0 Å². The van der Waals surface area contributed by atoms with Gasteiger partial charge in [0.15, 0.2) is 0 Å². The summed E-state index contributed by atoms with van der Waals surface area (Å²) < 4.78 is 5.65. The summed E-state index contributed by atoms with van der Waals surface area (Å²) in [6, 6.07) is 0. The lowest BCUT2D eigenvalue weighted by atomic mass is 10.1. The summed E-state index contributed by atoms with van der Waals surface area (Å²) in [6.07, 6.45) is -0.246. The van der Waals surface area contributed by atoms with E-state index in [2.05, 4.69) is 5.32 Å². The van der Waals surface area contributed by atoms with Gasteiger partial charge in [0.2, 0.25) is 5.91 Å². The number of nitrogens with one attached hydrogen (secondary N) is 1. The lowest BCUT2D eigenvalue weighted by Gasteiger charge is -2.41. The van der Waals surface area contributed by atoms with Crippen LogP contribution in [-0.2, 0) is 9.53 Å². The van der Waals surface area contributed by atoms with E-state index in [-0.39, 0.29) is 43.9 Å². The molecular formula is C11H22N2O4. The Bertz CT molecular complexity index is 258. The highest BCUT2D eigenvalue weighted by Crippen LogP contribution is 2.20. The van der Waals surface area contributed by atoms with E-state index in [0.717, 1.165) is 0 Å². The van der Waals surface area contributed by atoms with Crippen molar-refractivity contribution in [3.63, 3.8) is 0 Å². The first-order valence-corrected chi connectivity index (χ1v) is 5.85. The monoisotopic (exact) mass is 246 g/mol. The van der Waals surface area contributed by atoms with Gasteiger partial charge in [-0.25, -0.2) is 0 Å². The van der Waals surface area contributed by atoms with Gasteiger partial charge in [-0.3, -0.25) is 9.69 Å². The number of hydrogen-bond donors (Lipinski definition) is 3. The molecule has 0 aliphatic carbocycles. The van der Waals surface area contributed by atoms with Gasteiger partial charge in [0, 0.05) is 19.6 Å². The number of carbonyl (C=O) groups excluding carboxylic acids is 1. The van der Waals surface area contributed by atoms with Gasteiger partial charge in [0.25, 0.3) is 0 Å². The van der Waals surface area contributed by atoms with Gasteiger partial charge in [0.1, 0.15) is 0 Å². The Kier molecular flexibility index (Phi) is 5.32. The zero-order chi connectivity index (χ0) is 12.9. The van der Waals surface area contributed by atoms with E-state index in [1.54, 1.807) is 0 Å². The van der Waals surface area contributed by atoms with Crippen molar-refractivity contribution in [1.82, 2.24) is 10.2 Å². The molecular weight excluding hydrogens is 224 g/mol. The number of ether oxygens (including phenoxy) is 1. The van der Waals surface area contributed by atoms with Crippen LogP contribution in [-0.4, -0.2) is 72.1 Å². The second-order valence-corrected chi connectivity index (χ2v) is 4.93. The standard InChI is InChI=1S/C11H22N2O4/c1-11(2)8-13(5-9(7-15)17-11)6-10(16)12-3-4-14/h9,14-15H,3-8H2,1-2H3,(H,12,16). The zero-order valence-electron chi connectivity index (χ0n) is 10.5. The fourth-order valence-electron chi connectivity index (χ4n) is 2.09.